The molecule has 0 aliphatic carbocycles. The Labute approximate surface area is 173 Å². The maximum atomic E-state index is 12.5. The highest BCUT2D eigenvalue weighted by Gasteiger charge is 2.35. The first-order valence-corrected chi connectivity index (χ1v) is 9.44. The molecule has 3 amide bonds. The van der Waals surface area contributed by atoms with Gasteiger partial charge in [0, 0.05) is 25.9 Å². The number of hydrogen-bond acceptors (Lipinski definition) is 6. The lowest BCUT2D eigenvalue weighted by Gasteiger charge is -2.12. The molecule has 1 N–H and O–H groups in total. The molecule has 30 heavy (non-hydrogen) atoms. The van der Waals surface area contributed by atoms with Gasteiger partial charge < -0.3 is 14.8 Å². The second-order valence-electron chi connectivity index (χ2n) is 6.81. The number of carbonyl (C=O) groups is 4. The van der Waals surface area contributed by atoms with Gasteiger partial charge in [0.15, 0.2) is 6.61 Å². The van der Waals surface area contributed by atoms with Gasteiger partial charge in [0.25, 0.3) is 17.7 Å². The van der Waals surface area contributed by atoms with Crippen LogP contribution in [-0.2, 0) is 14.3 Å². The number of methoxy groups -OCH3 is 1. The highest BCUT2D eigenvalue weighted by Crippen LogP contribution is 2.24. The molecule has 0 saturated heterocycles. The molecular weight excluding hydrogens is 388 g/mol. The van der Waals surface area contributed by atoms with Crippen molar-refractivity contribution in [3.05, 3.63) is 64.7 Å². The number of carbonyl (C=O) groups excluding carboxylic acids is 4. The largest absolute Gasteiger partial charge is 0.452 e. The number of benzene rings is 2. The smallest absolute Gasteiger partial charge is 0.338 e. The molecule has 1 aliphatic heterocycles. The zero-order chi connectivity index (χ0) is 21.7. The number of nitrogens with one attached hydrogen (secondary N) is 1. The van der Waals surface area contributed by atoms with Crippen molar-refractivity contribution >= 4 is 29.4 Å². The average molecular weight is 410 g/mol. The van der Waals surface area contributed by atoms with E-state index in [1.165, 1.54) is 18.2 Å². The van der Waals surface area contributed by atoms with Crippen LogP contribution in [0.3, 0.4) is 0 Å². The molecule has 8 heteroatoms. The summed E-state index contributed by atoms with van der Waals surface area (Å²) in [5.74, 6) is -2.09. The molecule has 8 nitrogen and oxygen atoms in total. The fraction of sp³-hybridized carbons (Fsp3) is 0.273. The van der Waals surface area contributed by atoms with E-state index in [9.17, 15) is 19.2 Å². The van der Waals surface area contributed by atoms with Crippen LogP contribution in [0, 0.1) is 6.92 Å². The van der Waals surface area contributed by atoms with Crippen LogP contribution in [-0.4, -0.2) is 55.5 Å². The van der Waals surface area contributed by atoms with Crippen LogP contribution < -0.4 is 5.32 Å². The maximum Gasteiger partial charge on any atom is 0.338 e. The van der Waals surface area contributed by atoms with Crippen molar-refractivity contribution in [3.63, 3.8) is 0 Å². The van der Waals surface area contributed by atoms with Crippen LogP contribution in [0.4, 0.5) is 5.69 Å². The van der Waals surface area contributed by atoms with Gasteiger partial charge in [-0.05, 0) is 43.2 Å². The van der Waals surface area contributed by atoms with E-state index >= 15 is 0 Å². The van der Waals surface area contributed by atoms with E-state index in [0.717, 1.165) is 10.5 Å². The fourth-order valence-corrected chi connectivity index (χ4v) is 3.10. The topological polar surface area (TPSA) is 102 Å². The van der Waals surface area contributed by atoms with Gasteiger partial charge in [-0.25, -0.2) is 4.79 Å². The minimum atomic E-state index is -0.754. The number of para-hydroxylation sites is 1. The van der Waals surface area contributed by atoms with Gasteiger partial charge in [0.1, 0.15) is 0 Å². The molecule has 0 spiro atoms. The lowest BCUT2D eigenvalue weighted by molar-refractivity contribution is -0.119. The van der Waals surface area contributed by atoms with E-state index in [2.05, 4.69) is 5.32 Å². The molecule has 0 atom stereocenters. The van der Waals surface area contributed by atoms with E-state index in [1.54, 1.807) is 19.2 Å². The Balaban J connectivity index is 1.62. The summed E-state index contributed by atoms with van der Waals surface area (Å²) in [6.07, 6.45) is 0.521. The number of amides is 3. The number of aryl methyl sites for hydroxylation is 1. The number of hydrogen-bond donors (Lipinski definition) is 1. The van der Waals surface area contributed by atoms with Gasteiger partial charge in [0.05, 0.1) is 16.7 Å². The number of esters is 1. The van der Waals surface area contributed by atoms with Crippen molar-refractivity contribution in [1.82, 2.24) is 4.90 Å². The van der Waals surface area contributed by atoms with Gasteiger partial charge in [-0.1, -0.05) is 18.2 Å². The van der Waals surface area contributed by atoms with Crippen molar-refractivity contribution < 1.29 is 28.7 Å². The van der Waals surface area contributed by atoms with Crippen molar-refractivity contribution in [2.45, 2.75) is 13.3 Å². The first-order chi connectivity index (χ1) is 14.4. The summed E-state index contributed by atoms with van der Waals surface area (Å²) in [5.41, 5.74) is 2.00. The molecule has 156 valence electrons. The molecule has 1 aliphatic rings. The Morgan fingerprint density at radius 3 is 2.50 bits per heavy atom. The quantitative estimate of drug-likeness (QED) is 0.407. The van der Waals surface area contributed by atoms with Gasteiger partial charge in [0.2, 0.25) is 0 Å². The number of fused-ring (bicyclic) bond motifs is 1. The lowest BCUT2D eigenvalue weighted by Crippen LogP contribution is -2.31. The SMILES string of the molecule is COCCCN1C(=O)c2ccc(C(=O)OCC(=O)Nc3ccccc3C)cc2C1=O. The van der Waals surface area contributed by atoms with Gasteiger partial charge in [-0.3, -0.25) is 19.3 Å². The Kier molecular flexibility index (Phi) is 6.58. The van der Waals surface area contributed by atoms with Crippen LogP contribution in [0.5, 0.6) is 0 Å². The molecule has 0 unspecified atom stereocenters. The van der Waals surface area contributed by atoms with Crippen molar-refractivity contribution in [1.29, 1.82) is 0 Å². The highest BCUT2D eigenvalue weighted by atomic mass is 16.5. The third-order valence-electron chi connectivity index (χ3n) is 4.69. The second-order valence-corrected chi connectivity index (χ2v) is 6.81. The predicted octanol–water partition coefficient (Wildman–Crippen LogP) is 2.42. The van der Waals surface area contributed by atoms with Crippen LogP contribution in [0.25, 0.3) is 0 Å². The van der Waals surface area contributed by atoms with E-state index in [0.29, 0.717) is 18.7 Å². The molecule has 0 bridgehead atoms. The van der Waals surface area contributed by atoms with Crippen LogP contribution in [0.15, 0.2) is 42.5 Å². The Morgan fingerprint density at radius 2 is 1.77 bits per heavy atom. The third-order valence-corrected chi connectivity index (χ3v) is 4.69. The van der Waals surface area contributed by atoms with Crippen LogP contribution >= 0.6 is 0 Å². The molecule has 3 rings (SSSR count). The average Bonchev–Trinajstić information content (AvgIpc) is 2.98. The maximum absolute atomic E-state index is 12.5. The standard InChI is InChI=1S/C22H22N2O6/c1-14-6-3-4-7-18(14)23-19(25)13-30-22(28)15-8-9-16-17(12-15)21(27)24(20(16)26)10-5-11-29-2/h3-4,6-9,12H,5,10-11,13H2,1-2H3,(H,23,25). The van der Waals surface area contributed by atoms with Crippen molar-refractivity contribution in [2.24, 2.45) is 0 Å². The van der Waals surface area contributed by atoms with E-state index in [-0.39, 0.29) is 23.2 Å². The zero-order valence-electron chi connectivity index (χ0n) is 16.8. The summed E-state index contributed by atoms with van der Waals surface area (Å²) in [6.45, 7) is 2.04. The summed E-state index contributed by atoms with van der Waals surface area (Å²) in [7, 11) is 1.54. The third kappa shape index (κ3) is 4.55. The summed E-state index contributed by atoms with van der Waals surface area (Å²) in [4.78, 5) is 50.4. The molecule has 1 heterocycles. The van der Waals surface area contributed by atoms with Crippen LogP contribution in [0.2, 0.25) is 0 Å². The second kappa shape index (κ2) is 9.32. The number of rotatable bonds is 8. The molecule has 2 aromatic carbocycles. The summed E-state index contributed by atoms with van der Waals surface area (Å²) in [6, 6.07) is 11.4. The molecule has 0 fully saturated rings. The Morgan fingerprint density at radius 1 is 1.03 bits per heavy atom. The van der Waals surface area contributed by atoms with Gasteiger partial charge in [-0.15, -0.1) is 0 Å². The summed E-state index contributed by atoms with van der Waals surface area (Å²) >= 11 is 0. The van der Waals surface area contributed by atoms with Crippen LogP contribution in [0.1, 0.15) is 43.1 Å². The minimum absolute atomic E-state index is 0.0948. The number of nitrogens with zero attached hydrogens (tertiary/aromatic N) is 1. The number of anilines is 1. The minimum Gasteiger partial charge on any atom is -0.452 e. The van der Waals surface area contributed by atoms with Gasteiger partial charge >= 0.3 is 5.97 Å². The predicted molar refractivity (Wildman–Crippen MR) is 108 cm³/mol. The number of ether oxygens (including phenoxy) is 2. The summed E-state index contributed by atoms with van der Waals surface area (Å²) in [5, 5.41) is 2.67. The van der Waals surface area contributed by atoms with Crippen molar-refractivity contribution in [3.8, 4) is 0 Å². The van der Waals surface area contributed by atoms with E-state index < -0.39 is 30.3 Å². The normalized spacial score (nSPS) is 12.7. The Bertz CT molecular complexity index is 1000. The lowest BCUT2D eigenvalue weighted by atomic mass is 10.1. The zero-order valence-corrected chi connectivity index (χ0v) is 16.8. The molecule has 0 saturated carbocycles. The fourth-order valence-electron chi connectivity index (χ4n) is 3.10. The first-order valence-electron chi connectivity index (χ1n) is 9.44. The molecule has 0 aromatic heterocycles. The summed E-state index contributed by atoms with van der Waals surface area (Å²) < 4.78 is 10.00. The number of imide groups is 1. The first kappa shape index (κ1) is 21.2. The molecule has 0 radical (unpaired) electrons. The van der Waals surface area contributed by atoms with E-state index in [1.807, 2.05) is 19.1 Å². The van der Waals surface area contributed by atoms with Gasteiger partial charge in [-0.2, -0.15) is 0 Å². The molecular formula is C22H22N2O6. The highest BCUT2D eigenvalue weighted by molar-refractivity contribution is 6.22. The molecule has 2 aromatic rings. The monoisotopic (exact) mass is 410 g/mol. The van der Waals surface area contributed by atoms with Crippen molar-refractivity contribution in [2.75, 3.05) is 32.2 Å². The Hall–Kier alpha value is -3.52. The van der Waals surface area contributed by atoms with E-state index in [4.69, 9.17) is 9.47 Å².